The number of ether oxygens (including phenoxy) is 2. The summed E-state index contributed by atoms with van der Waals surface area (Å²) in [7, 11) is 0. The Kier molecular flexibility index (Phi) is 12.7. The molecule has 120 valence electrons. The quantitative estimate of drug-likeness (QED) is 0.320. The van der Waals surface area contributed by atoms with Crippen molar-refractivity contribution in [1.29, 1.82) is 5.26 Å². The topological polar surface area (TPSA) is 79.5 Å². The first-order valence-electron chi connectivity index (χ1n) is 7.66. The van der Waals surface area contributed by atoms with E-state index in [9.17, 15) is 4.79 Å². The lowest BCUT2D eigenvalue weighted by atomic mass is 10.1. The number of carboxylic acids is 1. The van der Waals surface area contributed by atoms with Crippen molar-refractivity contribution in [3.05, 3.63) is 11.6 Å². The lowest BCUT2D eigenvalue weighted by Crippen LogP contribution is -2.20. The van der Waals surface area contributed by atoms with Gasteiger partial charge in [0, 0.05) is 24.9 Å². The summed E-state index contributed by atoms with van der Waals surface area (Å²) in [6.45, 7) is 6.16. The molecule has 0 saturated carbocycles. The largest absolute Gasteiger partial charge is 0.478 e. The Labute approximate surface area is 127 Å². The van der Waals surface area contributed by atoms with Crippen LogP contribution in [0.2, 0.25) is 0 Å². The zero-order chi connectivity index (χ0) is 15.9. The third kappa shape index (κ3) is 11.0. The molecule has 0 aromatic heterocycles. The number of aliphatic carboxylic acids is 1. The molecule has 0 aliphatic carbocycles. The zero-order valence-corrected chi connectivity index (χ0v) is 13.1. The number of nitrogens with zero attached hydrogens (tertiary/aromatic N) is 1. The second-order valence-electron chi connectivity index (χ2n) is 4.89. The number of hydrogen-bond acceptors (Lipinski definition) is 4. The Morgan fingerprint density at radius 2 is 2.05 bits per heavy atom. The molecule has 0 aromatic carbocycles. The summed E-state index contributed by atoms with van der Waals surface area (Å²) in [5.41, 5.74) is 0.159. The molecule has 5 heteroatoms. The number of allylic oxidation sites excluding steroid dienone is 1. The van der Waals surface area contributed by atoms with Gasteiger partial charge < -0.3 is 14.6 Å². The molecule has 0 saturated heterocycles. The molecular formula is C16H27NO4. The molecule has 1 unspecified atom stereocenters. The van der Waals surface area contributed by atoms with Gasteiger partial charge in [-0.3, -0.25) is 0 Å². The van der Waals surface area contributed by atoms with Crippen molar-refractivity contribution in [1.82, 2.24) is 0 Å². The molecule has 0 radical (unpaired) electrons. The van der Waals surface area contributed by atoms with E-state index >= 15 is 0 Å². The van der Waals surface area contributed by atoms with Crippen LogP contribution < -0.4 is 0 Å². The third-order valence-corrected chi connectivity index (χ3v) is 3.11. The number of unbranched alkanes of at least 4 members (excludes halogenated alkanes) is 2. The molecule has 0 rings (SSSR count). The van der Waals surface area contributed by atoms with E-state index < -0.39 is 5.97 Å². The van der Waals surface area contributed by atoms with Gasteiger partial charge in [-0.25, -0.2) is 4.79 Å². The van der Waals surface area contributed by atoms with Crippen molar-refractivity contribution < 1.29 is 19.4 Å². The summed E-state index contributed by atoms with van der Waals surface area (Å²) in [5, 5.41) is 17.3. The van der Waals surface area contributed by atoms with Gasteiger partial charge in [-0.05, 0) is 32.1 Å². The highest BCUT2D eigenvalue weighted by Gasteiger charge is 2.08. The Morgan fingerprint density at radius 3 is 2.62 bits per heavy atom. The van der Waals surface area contributed by atoms with Crippen LogP contribution in [0.5, 0.6) is 0 Å². The molecule has 21 heavy (non-hydrogen) atoms. The van der Waals surface area contributed by atoms with Crippen LogP contribution in [0.4, 0.5) is 0 Å². The van der Waals surface area contributed by atoms with E-state index in [0.717, 1.165) is 38.4 Å². The summed E-state index contributed by atoms with van der Waals surface area (Å²) in [6, 6.07) is 1.76. The Balaban J connectivity index is 3.68. The molecular weight excluding hydrogens is 270 g/mol. The first kappa shape index (κ1) is 19.6. The fourth-order valence-electron chi connectivity index (χ4n) is 1.73. The van der Waals surface area contributed by atoms with Crippen LogP contribution in [0, 0.1) is 11.3 Å². The predicted octanol–water partition coefficient (Wildman–Crippen LogP) is 3.30. The van der Waals surface area contributed by atoms with E-state index in [-0.39, 0.29) is 11.7 Å². The first-order valence-corrected chi connectivity index (χ1v) is 7.66. The average molecular weight is 297 g/mol. The highest BCUT2D eigenvalue weighted by Crippen LogP contribution is 2.08. The summed E-state index contributed by atoms with van der Waals surface area (Å²) in [5.74, 6) is -1.02. The maximum Gasteiger partial charge on any atom is 0.332 e. The number of hydrogen-bond donors (Lipinski definition) is 1. The van der Waals surface area contributed by atoms with Crippen molar-refractivity contribution >= 4 is 5.97 Å². The average Bonchev–Trinajstić information content (AvgIpc) is 2.47. The van der Waals surface area contributed by atoms with E-state index in [1.54, 1.807) is 6.07 Å². The predicted molar refractivity (Wildman–Crippen MR) is 80.9 cm³/mol. The van der Waals surface area contributed by atoms with Gasteiger partial charge in [0.15, 0.2) is 0 Å². The standard InChI is InChI=1S/C16H27NO4/c1-3-5-12-21-15(4-2)13-20-11-7-6-8-14(9-10-17)16(18)19/h9,15H,3-8,11-13H2,1-2H3,(H,18,19). The minimum absolute atomic E-state index is 0.143. The van der Waals surface area contributed by atoms with Crippen molar-refractivity contribution in [3.63, 3.8) is 0 Å². The minimum atomic E-state index is -1.02. The zero-order valence-electron chi connectivity index (χ0n) is 13.1. The molecule has 0 spiro atoms. The second kappa shape index (κ2) is 13.6. The molecule has 1 atom stereocenters. The fraction of sp³-hybridized carbons (Fsp3) is 0.750. The van der Waals surface area contributed by atoms with E-state index in [4.69, 9.17) is 19.8 Å². The Morgan fingerprint density at radius 1 is 1.29 bits per heavy atom. The molecule has 0 aromatic rings. The van der Waals surface area contributed by atoms with E-state index in [2.05, 4.69) is 13.8 Å². The number of carbonyl (C=O) groups is 1. The first-order chi connectivity index (χ1) is 10.2. The molecule has 0 bridgehead atoms. The van der Waals surface area contributed by atoms with Gasteiger partial charge >= 0.3 is 5.97 Å². The number of rotatable bonds is 13. The van der Waals surface area contributed by atoms with Crippen LogP contribution in [0.15, 0.2) is 11.6 Å². The van der Waals surface area contributed by atoms with Gasteiger partial charge in [-0.1, -0.05) is 20.3 Å². The Hall–Kier alpha value is -1.38. The molecule has 5 nitrogen and oxygen atoms in total. The lowest BCUT2D eigenvalue weighted by Gasteiger charge is -2.16. The number of nitriles is 1. The van der Waals surface area contributed by atoms with Crippen molar-refractivity contribution in [2.45, 2.75) is 58.5 Å². The van der Waals surface area contributed by atoms with Crippen LogP contribution in [-0.2, 0) is 14.3 Å². The summed E-state index contributed by atoms with van der Waals surface area (Å²) < 4.78 is 11.3. The van der Waals surface area contributed by atoms with Crippen LogP contribution in [0.25, 0.3) is 0 Å². The monoisotopic (exact) mass is 297 g/mol. The van der Waals surface area contributed by atoms with Gasteiger partial charge in [0.1, 0.15) is 0 Å². The van der Waals surface area contributed by atoms with E-state index in [1.165, 1.54) is 0 Å². The smallest absolute Gasteiger partial charge is 0.332 e. The molecule has 0 amide bonds. The summed E-state index contributed by atoms with van der Waals surface area (Å²) in [6.07, 6.45) is 6.24. The summed E-state index contributed by atoms with van der Waals surface area (Å²) in [4.78, 5) is 10.8. The lowest BCUT2D eigenvalue weighted by molar-refractivity contribution is -0.132. The normalized spacial score (nSPS) is 12.9. The fourth-order valence-corrected chi connectivity index (χ4v) is 1.73. The van der Waals surface area contributed by atoms with E-state index in [0.29, 0.717) is 26.1 Å². The molecule has 0 heterocycles. The van der Waals surface area contributed by atoms with Crippen molar-refractivity contribution in [3.8, 4) is 6.07 Å². The van der Waals surface area contributed by atoms with Crippen molar-refractivity contribution in [2.75, 3.05) is 19.8 Å². The molecule has 0 aliphatic rings. The highest BCUT2D eigenvalue weighted by atomic mass is 16.5. The van der Waals surface area contributed by atoms with Gasteiger partial charge in [0.05, 0.1) is 18.8 Å². The maximum atomic E-state index is 10.8. The van der Waals surface area contributed by atoms with Gasteiger partial charge in [0.2, 0.25) is 0 Å². The van der Waals surface area contributed by atoms with E-state index in [1.807, 2.05) is 0 Å². The summed E-state index contributed by atoms with van der Waals surface area (Å²) >= 11 is 0. The van der Waals surface area contributed by atoms with Crippen molar-refractivity contribution in [2.24, 2.45) is 0 Å². The molecule has 0 aliphatic heterocycles. The van der Waals surface area contributed by atoms with Gasteiger partial charge in [-0.2, -0.15) is 5.26 Å². The highest BCUT2D eigenvalue weighted by molar-refractivity contribution is 5.87. The van der Waals surface area contributed by atoms with Crippen LogP contribution in [0.3, 0.4) is 0 Å². The van der Waals surface area contributed by atoms with Gasteiger partial charge in [-0.15, -0.1) is 0 Å². The molecule has 0 fully saturated rings. The molecule has 1 N–H and O–H groups in total. The van der Waals surface area contributed by atoms with Crippen LogP contribution in [0.1, 0.15) is 52.4 Å². The number of carboxylic acid groups (broad SMARTS) is 1. The maximum absolute atomic E-state index is 10.8. The van der Waals surface area contributed by atoms with Crippen LogP contribution >= 0.6 is 0 Å². The van der Waals surface area contributed by atoms with Gasteiger partial charge in [0.25, 0.3) is 0 Å². The Bertz CT molecular complexity index is 347. The third-order valence-electron chi connectivity index (χ3n) is 3.11. The second-order valence-corrected chi connectivity index (χ2v) is 4.89. The minimum Gasteiger partial charge on any atom is -0.478 e. The SMILES string of the molecule is CCCCOC(CC)COCCCCC(=CC#N)C(=O)O. The van der Waals surface area contributed by atoms with Crippen LogP contribution in [-0.4, -0.2) is 37.0 Å².